The third-order valence-corrected chi connectivity index (χ3v) is 3.01. The van der Waals surface area contributed by atoms with Crippen molar-refractivity contribution in [2.75, 3.05) is 19.7 Å². The molecular weight excluding hydrogens is 202 g/mol. The molecule has 0 aliphatic rings. The number of rotatable bonds is 6. The largest absolute Gasteiger partial charge is 0.478 e. The van der Waals surface area contributed by atoms with Crippen LogP contribution in [0.15, 0.2) is 0 Å². The Morgan fingerprint density at radius 2 is 1.92 bits per heavy atom. The van der Waals surface area contributed by atoms with Gasteiger partial charge in [0.2, 0.25) is 4.38 Å². The predicted octanol–water partition coefficient (Wildman–Crippen LogP) is 3.08. The van der Waals surface area contributed by atoms with Gasteiger partial charge in [-0.3, -0.25) is 0 Å². The van der Waals surface area contributed by atoms with Gasteiger partial charge >= 0.3 is 0 Å². The second-order valence-electron chi connectivity index (χ2n) is 2.66. The van der Waals surface area contributed by atoms with E-state index in [1.807, 2.05) is 0 Å². The second kappa shape index (κ2) is 8.78. The number of thiocarbonyl (C=S) groups is 1. The van der Waals surface area contributed by atoms with Crippen molar-refractivity contribution < 1.29 is 4.74 Å². The van der Waals surface area contributed by atoms with Gasteiger partial charge in [-0.05, 0) is 18.6 Å². The van der Waals surface area contributed by atoms with Crippen LogP contribution in [0.2, 0.25) is 0 Å². The zero-order valence-corrected chi connectivity index (χ0v) is 10.3. The molecule has 0 saturated carbocycles. The highest BCUT2D eigenvalue weighted by atomic mass is 32.2. The van der Waals surface area contributed by atoms with Crippen molar-refractivity contribution in [1.29, 1.82) is 0 Å². The smallest absolute Gasteiger partial charge is 0.235 e. The van der Waals surface area contributed by atoms with Gasteiger partial charge in [-0.15, -0.1) is 0 Å². The number of hydrogen-bond acceptors (Lipinski definition) is 4. The van der Waals surface area contributed by atoms with E-state index >= 15 is 0 Å². The summed E-state index contributed by atoms with van der Waals surface area (Å²) in [5, 5.41) is 0. The normalized spacial score (nSPS) is 10.5. The molecular formula is C9H19NOS2. The number of unbranched alkanes of at least 4 members (excludes halogenated alkanes) is 1. The lowest BCUT2D eigenvalue weighted by Crippen LogP contribution is -2.17. The molecule has 0 aliphatic carbocycles. The van der Waals surface area contributed by atoms with Crippen molar-refractivity contribution in [3.8, 4) is 0 Å². The van der Waals surface area contributed by atoms with E-state index in [1.54, 1.807) is 0 Å². The van der Waals surface area contributed by atoms with Crippen LogP contribution in [-0.4, -0.2) is 28.4 Å². The van der Waals surface area contributed by atoms with Crippen LogP contribution < -0.4 is 0 Å². The van der Waals surface area contributed by atoms with Gasteiger partial charge in [0.15, 0.2) is 0 Å². The fraction of sp³-hybridized carbons (Fsp3) is 0.889. The van der Waals surface area contributed by atoms with E-state index in [4.69, 9.17) is 17.0 Å². The topological polar surface area (TPSA) is 12.5 Å². The van der Waals surface area contributed by atoms with Crippen molar-refractivity contribution >= 4 is 28.5 Å². The third-order valence-electron chi connectivity index (χ3n) is 1.63. The third kappa shape index (κ3) is 7.28. The van der Waals surface area contributed by atoms with E-state index < -0.39 is 0 Å². The van der Waals surface area contributed by atoms with E-state index in [9.17, 15) is 0 Å². The van der Waals surface area contributed by atoms with Crippen LogP contribution in [0.25, 0.3) is 0 Å². The first kappa shape index (κ1) is 13.2. The van der Waals surface area contributed by atoms with Gasteiger partial charge in [-0.25, -0.2) is 4.31 Å². The zero-order chi connectivity index (χ0) is 10.1. The van der Waals surface area contributed by atoms with E-state index in [0.29, 0.717) is 4.38 Å². The summed E-state index contributed by atoms with van der Waals surface area (Å²) in [5.74, 6) is 0. The molecule has 0 fully saturated rings. The molecule has 0 radical (unpaired) electrons. The predicted molar refractivity (Wildman–Crippen MR) is 64.0 cm³/mol. The summed E-state index contributed by atoms with van der Waals surface area (Å²) >= 11 is 6.61. The molecule has 0 unspecified atom stereocenters. The first-order valence-electron chi connectivity index (χ1n) is 4.84. The molecule has 0 rings (SSSR count). The standard InChI is InChI=1S/C9H19NOS2/c1-4-7-8-11-9(12)13-10(5-2)6-3/h4-8H2,1-3H3. The molecule has 0 aromatic carbocycles. The fourth-order valence-electron chi connectivity index (χ4n) is 0.784. The molecule has 0 heterocycles. The van der Waals surface area contributed by atoms with Gasteiger partial charge in [-0.2, -0.15) is 0 Å². The number of nitrogens with zero attached hydrogens (tertiary/aromatic N) is 1. The summed E-state index contributed by atoms with van der Waals surface area (Å²) < 4.78 is 8.19. The Morgan fingerprint density at radius 3 is 2.38 bits per heavy atom. The zero-order valence-electron chi connectivity index (χ0n) is 8.71. The summed E-state index contributed by atoms with van der Waals surface area (Å²) in [6, 6.07) is 0. The highest BCUT2D eigenvalue weighted by Gasteiger charge is 2.04. The van der Waals surface area contributed by atoms with Crippen LogP contribution in [0.1, 0.15) is 33.6 Å². The SMILES string of the molecule is CCCCOC(=S)SN(CC)CC. The van der Waals surface area contributed by atoms with Gasteiger partial charge in [-0.1, -0.05) is 27.2 Å². The molecule has 0 amide bonds. The molecule has 0 bridgehead atoms. The Balaban J connectivity index is 3.48. The van der Waals surface area contributed by atoms with Crippen molar-refractivity contribution in [2.45, 2.75) is 33.6 Å². The molecule has 2 nitrogen and oxygen atoms in total. The molecule has 0 N–H and O–H groups in total. The molecule has 0 saturated heterocycles. The molecule has 78 valence electrons. The maximum atomic E-state index is 5.37. The minimum absolute atomic E-state index is 0.650. The van der Waals surface area contributed by atoms with Gasteiger partial charge in [0.1, 0.15) is 0 Å². The maximum absolute atomic E-state index is 5.37. The summed E-state index contributed by atoms with van der Waals surface area (Å²) in [6.07, 6.45) is 2.23. The van der Waals surface area contributed by atoms with Crippen molar-refractivity contribution in [2.24, 2.45) is 0 Å². The highest BCUT2D eigenvalue weighted by molar-refractivity contribution is 8.21. The van der Waals surface area contributed by atoms with Gasteiger partial charge < -0.3 is 4.74 Å². The van der Waals surface area contributed by atoms with Crippen LogP contribution in [0.3, 0.4) is 0 Å². The monoisotopic (exact) mass is 221 g/mol. The lowest BCUT2D eigenvalue weighted by Gasteiger charge is -2.16. The summed E-state index contributed by atoms with van der Waals surface area (Å²) in [5.41, 5.74) is 0. The first-order chi connectivity index (χ1) is 6.24. The summed E-state index contributed by atoms with van der Waals surface area (Å²) in [6.45, 7) is 9.13. The van der Waals surface area contributed by atoms with Gasteiger partial charge in [0.25, 0.3) is 0 Å². The van der Waals surface area contributed by atoms with E-state index in [2.05, 4.69) is 25.1 Å². The molecule has 0 aliphatic heterocycles. The summed E-state index contributed by atoms with van der Waals surface area (Å²) in [7, 11) is 0. The lowest BCUT2D eigenvalue weighted by molar-refractivity contribution is 0.312. The van der Waals surface area contributed by atoms with Gasteiger partial charge in [0.05, 0.1) is 6.61 Å². The average molecular weight is 221 g/mol. The van der Waals surface area contributed by atoms with Crippen molar-refractivity contribution in [1.82, 2.24) is 4.31 Å². The Labute approximate surface area is 91.1 Å². The van der Waals surface area contributed by atoms with Crippen LogP contribution in [-0.2, 0) is 4.74 Å². The van der Waals surface area contributed by atoms with E-state index in [1.165, 1.54) is 11.9 Å². The molecule has 4 heteroatoms. The minimum Gasteiger partial charge on any atom is -0.478 e. The molecule has 0 aromatic rings. The van der Waals surface area contributed by atoms with Crippen LogP contribution in [0, 0.1) is 0 Å². The highest BCUT2D eigenvalue weighted by Crippen LogP contribution is 2.12. The minimum atomic E-state index is 0.650. The fourth-order valence-corrected chi connectivity index (χ4v) is 1.79. The Hall–Kier alpha value is 0.200. The molecule has 13 heavy (non-hydrogen) atoms. The van der Waals surface area contributed by atoms with Crippen LogP contribution >= 0.6 is 24.2 Å². The van der Waals surface area contributed by atoms with Crippen molar-refractivity contribution in [3.63, 3.8) is 0 Å². The molecule has 0 atom stereocenters. The van der Waals surface area contributed by atoms with E-state index in [-0.39, 0.29) is 0 Å². The van der Waals surface area contributed by atoms with Gasteiger partial charge in [0, 0.05) is 25.0 Å². The van der Waals surface area contributed by atoms with E-state index in [0.717, 1.165) is 32.5 Å². The maximum Gasteiger partial charge on any atom is 0.235 e. The average Bonchev–Trinajstić information content (AvgIpc) is 2.14. The summed E-state index contributed by atoms with van der Waals surface area (Å²) in [4.78, 5) is 0. The van der Waals surface area contributed by atoms with Crippen molar-refractivity contribution in [3.05, 3.63) is 0 Å². The Kier molecular flexibility index (Phi) is 8.92. The number of hydrogen-bond donors (Lipinski definition) is 0. The Morgan fingerprint density at radius 1 is 1.31 bits per heavy atom. The second-order valence-corrected chi connectivity index (χ2v) is 4.36. The molecule has 0 aromatic heterocycles. The van der Waals surface area contributed by atoms with Crippen LogP contribution in [0.4, 0.5) is 0 Å². The van der Waals surface area contributed by atoms with Crippen LogP contribution in [0.5, 0.6) is 0 Å². The quantitative estimate of drug-likeness (QED) is 0.388. The number of ether oxygens (including phenoxy) is 1. The Bertz CT molecular complexity index is 138. The molecule has 0 spiro atoms. The lowest BCUT2D eigenvalue weighted by atomic mass is 10.4. The first-order valence-corrected chi connectivity index (χ1v) is 6.02.